The first kappa shape index (κ1) is 11.5. The van der Waals surface area contributed by atoms with Gasteiger partial charge in [-0.3, -0.25) is 4.79 Å². The highest BCUT2D eigenvalue weighted by molar-refractivity contribution is 7.98. The summed E-state index contributed by atoms with van der Waals surface area (Å²) in [4.78, 5) is 18.7. The van der Waals surface area contributed by atoms with Crippen molar-refractivity contribution in [1.29, 1.82) is 0 Å². The van der Waals surface area contributed by atoms with E-state index in [9.17, 15) is 4.79 Å². The molecular formula is C10H11N3OS. The molecule has 2 N–H and O–H groups in total. The fraction of sp³-hybridized carbons (Fsp3) is 0.100. The lowest BCUT2D eigenvalue weighted by atomic mass is 10.2. The minimum Gasteiger partial charge on any atom is -0.405 e. The Bertz CT molecular complexity index is 401. The van der Waals surface area contributed by atoms with E-state index in [1.807, 2.05) is 6.26 Å². The summed E-state index contributed by atoms with van der Waals surface area (Å²) in [6.07, 6.45) is 8.65. The summed E-state index contributed by atoms with van der Waals surface area (Å²) in [5.41, 5.74) is 6.64. The summed E-state index contributed by atoms with van der Waals surface area (Å²) in [7, 11) is 0. The van der Waals surface area contributed by atoms with Gasteiger partial charge in [0.15, 0.2) is 5.16 Å². The van der Waals surface area contributed by atoms with Crippen LogP contribution >= 0.6 is 11.8 Å². The Morgan fingerprint density at radius 2 is 2.40 bits per heavy atom. The van der Waals surface area contributed by atoms with Crippen LogP contribution in [-0.4, -0.2) is 22.5 Å². The van der Waals surface area contributed by atoms with Crippen LogP contribution in [0.15, 0.2) is 35.8 Å². The molecule has 0 fully saturated rings. The van der Waals surface area contributed by atoms with Crippen molar-refractivity contribution in [3.05, 3.63) is 36.3 Å². The average Bonchev–Trinajstić information content (AvgIpc) is 2.29. The summed E-state index contributed by atoms with van der Waals surface area (Å²) < 4.78 is 0. The van der Waals surface area contributed by atoms with E-state index in [0.717, 1.165) is 0 Å². The number of hydrogen-bond donors (Lipinski definition) is 1. The second-order valence-corrected chi connectivity index (χ2v) is 3.32. The van der Waals surface area contributed by atoms with Gasteiger partial charge in [-0.15, -0.1) is 0 Å². The molecule has 5 heteroatoms. The van der Waals surface area contributed by atoms with Crippen molar-refractivity contribution in [3.8, 4) is 0 Å². The van der Waals surface area contributed by atoms with E-state index >= 15 is 0 Å². The van der Waals surface area contributed by atoms with Gasteiger partial charge < -0.3 is 5.73 Å². The molecular weight excluding hydrogens is 210 g/mol. The lowest BCUT2D eigenvalue weighted by Gasteiger charge is -2.01. The number of hydrogen-bond acceptors (Lipinski definition) is 5. The van der Waals surface area contributed by atoms with Gasteiger partial charge in [0.05, 0.1) is 5.69 Å². The van der Waals surface area contributed by atoms with Gasteiger partial charge in [-0.1, -0.05) is 11.8 Å². The Balaban J connectivity index is 3.11. The second kappa shape index (κ2) is 5.98. The normalized spacial score (nSPS) is 11.9. The fourth-order valence-electron chi connectivity index (χ4n) is 1.00. The number of aromatic nitrogens is 2. The number of rotatable bonds is 4. The summed E-state index contributed by atoms with van der Waals surface area (Å²) in [5, 5.41) is 0.662. The topological polar surface area (TPSA) is 68.9 Å². The first-order valence-electron chi connectivity index (χ1n) is 4.23. The molecule has 0 aliphatic rings. The van der Waals surface area contributed by atoms with Crippen LogP contribution in [0.4, 0.5) is 0 Å². The third-order valence-corrected chi connectivity index (χ3v) is 2.20. The van der Waals surface area contributed by atoms with Gasteiger partial charge in [0.1, 0.15) is 6.29 Å². The molecule has 0 spiro atoms. The maximum absolute atomic E-state index is 10.4. The molecule has 1 heterocycles. The van der Waals surface area contributed by atoms with Gasteiger partial charge in [0, 0.05) is 11.8 Å². The minimum atomic E-state index is 0.662. The smallest absolute Gasteiger partial charge is 0.187 e. The molecule has 1 rings (SSSR count). The van der Waals surface area contributed by atoms with Gasteiger partial charge in [-0.25, -0.2) is 9.97 Å². The average molecular weight is 221 g/mol. The lowest BCUT2D eigenvalue weighted by molar-refractivity contribution is -0.104. The predicted octanol–water partition coefficient (Wildman–Crippen LogP) is 1.25. The van der Waals surface area contributed by atoms with Crippen LogP contribution in [-0.2, 0) is 4.79 Å². The van der Waals surface area contributed by atoms with Crippen LogP contribution in [0, 0.1) is 0 Å². The molecule has 0 saturated heterocycles. The molecule has 0 aliphatic heterocycles. The van der Waals surface area contributed by atoms with Gasteiger partial charge in [0.2, 0.25) is 0 Å². The molecule has 1 aromatic heterocycles. The van der Waals surface area contributed by atoms with E-state index in [1.54, 1.807) is 18.3 Å². The molecule has 0 aliphatic carbocycles. The highest BCUT2D eigenvalue weighted by atomic mass is 32.2. The first-order valence-corrected chi connectivity index (χ1v) is 5.45. The second-order valence-electron chi connectivity index (χ2n) is 2.55. The maximum atomic E-state index is 10.4. The van der Waals surface area contributed by atoms with Crippen molar-refractivity contribution in [2.45, 2.75) is 5.16 Å². The molecule has 78 valence electrons. The summed E-state index contributed by atoms with van der Waals surface area (Å²) in [6.45, 7) is 0. The summed E-state index contributed by atoms with van der Waals surface area (Å²) in [5.74, 6) is 0. The Hall–Kier alpha value is -1.62. The molecule has 0 saturated carbocycles. The van der Waals surface area contributed by atoms with Crippen molar-refractivity contribution >= 4 is 23.6 Å². The molecule has 4 nitrogen and oxygen atoms in total. The van der Waals surface area contributed by atoms with Crippen molar-refractivity contribution < 1.29 is 4.79 Å². The zero-order chi connectivity index (χ0) is 11.1. The quantitative estimate of drug-likeness (QED) is 0.272. The first-order chi connectivity index (χ1) is 7.31. The van der Waals surface area contributed by atoms with E-state index < -0.39 is 0 Å². The van der Waals surface area contributed by atoms with Gasteiger partial charge in [0.25, 0.3) is 0 Å². The predicted molar refractivity (Wildman–Crippen MR) is 61.2 cm³/mol. The highest BCUT2D eigenvalue weighted by Gasteiger charge is 2.01. The molecule has 0 bridgehead atoms. The number of carbonyl (C=O) groups excluding carboxylic acids is 1. The van der Waals surface area contributed by atoms with Crippen LogP contribution in [0.2, 0.25) is 0 Å². The number of aldehydes is 1. The van der Waals surface area contributed by atoms with Crippen LogP contribution in [0.5, 0.6) is 0 Å². The molecule has 0 atom stereocenters. The third-order valence-electron chi connectivity index (χ3n) is 1.64. The van der Waals surface area contributed by atoms with E-state index in [4.69, 9.17) is 5.73 Å². The highest BCUT2D eigenvalue weighted by Crippen LogP contribution is 2.15. The van der Waals surface area contributed by atoms with E-state index in [1.165, 1.54) is 24.0 Å². The Kier molecular flexibility index (Phi) is 4.56. The van der Waals surface area contributed by atoms with Gasteiger partial charge in [-0.2, -0.15) is 0 Å². The van der Waals surface area contributed by atoms with Gasteiger partial charge >= 0.3 is 0 Å². The summed E-state index contributed by atoms with van der Waals surface area (Å²) in [6, 6.07) is 1.73. The Labute approximate surface area is 92.3 Å². The van der Waals surface area contributed by atoms with E-state index in [-0.39, 0.29) is 0 Å². The van der Waals surface area contributed by atoms with Crippen LogP contribution in [0.25, 0.3) is 5.57 Å². The number of nitrogens with two attached hydrogens (primary N) is 1. The van der Waals surface area contributed by atoms with Crippen molar-refractivity contribution in [2.24, 2.45) is 5.73 Å². The Morgan fingerprint density at radius 3 is 3.00 bits per heavy atom. The van der Waals surface area contributed by atoms with Crippen LogP contribution < -0.4 is 5.73 Å². The van der Waals surface area contributed by atoms with Crippen LogP contribution in [0.1, 0.15) is 5.69 Å². The molecule has 1 aromatic rings. The van der Waals surface area contributed by atoms with Gasteiger partial charge in [-0.05, 0) is 30.7 Å². The lowest BCUT2D eigenvalue weighted by Crippen LogP contribution is -1.93. The zero-order valence-electron chi connectivity index (χ0n) is 8.25. The molecule has 15 heavy (non-hydrogen) atoms. The minimum absolute atomic E-state index is 0.662. The third kappa shape index (κ3) is 3.21. The van der Waals surface area contributed by atoms with Crippen LogP contribution in [0.3, 0.4) is 0 Å². The molecule has 0 aromatic carbocycles. The SMILES string of the molecule is CSc1nccc(C(/C=C\N)=C/C=O)n1. The molecule has 0 radical (unpaired) electrons. The Morgan fingerprint density at radius 1 is 1.60 bits per heavy atom. The maximum Gasteiger partial charge on any atom is 0.187 e. The number of allylic oxidation sites excluding steroid dienone is 3. The fourth-order valence-corrected chi connectivity index (χ4v) is 1.36. The number of carbonyl (C=O) groups is 1. The zero-order valence-corrected chi connectivity index (χ0v) is 9.07. The van der Waals surface area contributed by atoms with Crippen molar-refractivity contribution in [2.75, 3.05) is 6.26 Å². The van der Waals surface area contributed by atoms with E-state index in [2.05, 4.69) is 9.97 Å². The van der Waals surface area contributed by atoms with Crippen molar-refractivity contribution in [3.63, 3.8) is 0 Å². The number of thioether (sulfide) groups is 1. The largest absolute Gasteiger partial charge is 0.405 e. The molecule has 0 amide bonds. The van der Waals surface area contributed by atoms with Crippen molar-refractivity contribution in [1.82, 2.24) is 9.97 Å². The standard InChI is InChI=1S/C10H11N3OS/c1-15-10-12-6-3-9(13-10)8(2-5-11)4-7-14/h2-7H,11H2,1H3/b5-2-,8-4+. The van der Waals surface area contributed by atoms with E-state index in [0.29, 0.717) is 22.7 Å². The number of nitrogens with zero attached hydrogens (tertiary/aromatic N) is 2. The monoisotopic (exact) mass is 221 g/mol. The molecule has 0 unspecified atom stereocenters. The summed E-state index contributed by atoms with van der Waals surface area (Å²) >= 11 is 1.44.